The van der Waals surface area contributed by atoms with E-state index in [1.54, 1.807) is 12.5 Å². The second kappa shape index (κ2) is 4.76. The lowest BCUT2D eigenvalue weighted by atomic mass is 10.1. The van der Waals surface area contributed by atoms with Crippen LogP contribution in [0.5, 0.6) is 0 Å². The summed E-state index contributed by atoms with van der Waals surface area (Å²) in [5.74, 6) is -0.801. The second-order valence-electron chi connectivity index (χ2n) is 3.39. The quantitative estimate of drug-likeness (QED) is 0.704. The van der Waals surface area contributed by atoms with E-state index in [1.807, 2.05) is 11.6 Å². The number of hydrogen-bond donors (Lipinski definition) is 2. The lowest BCUT2D eigenvalue weighted by Crippen LogP contribution is -2.24. The Bertz CT molecular complexity index is 309. The van der Waals surface area contributed by atoms with Crippen molar-refractivity contribution in [2.24, 2.45) is 12.8 Å². The topological polar surface area (TPSA) is 81.1 Å². The molecular weight excluding hydrogens is 182 g/mol. The Hall–Kier alpha value is -1.36. The van der Waals surface area contributed by atoms with Gasteiger partial charge >= 0.3 is 5.97 Å². The number of carboxylic acids is 1. The van der Waals surface area contributed by atoms with Crippen LogP contribution < -0.4 is 5.73 Å². The number of nitrogens with zero attached hydrogens (tertiary/aromatic N) is 2. The largest absolute Gasteiger partial charge is 0.481 e. The number of nitrogens with two attached hydrogens (primary N) is 1. The number of aromatic nitrogens is 2. The van der Waals surface area contributed by atoms with Gasteiger partial charge in [0.1, 0.15) is 0 Å². The fourth-order valence-electron chi connectivity index (χ4n) is 1.26. The highest BCUT2D eigenvalue weighted by atomic mass is 16.4. The summed E-state index contributed by atoms with van der Waals surface area (Å²) >= 11 is 0. The highest BCUT2D eigenvalue weighted by molar-refractivity contribution is 5.66. The molecule has 1 atom stereocenters. The summed E-state index contributed by atoms with van der Waals surface area (Å²) in [6.07, 6.45) is 4.75. The van der Waals surface area contributed by atoms with Crippen molar-refractivity contribution in [1.29, 1.82) is 0 Å². The third-order valence-electron chi connectivity index (χ3n) is 2.12. The molecule has 0 saturated heterocycles. The van der Waals surface area contributed by atoms with Crippen molar-refractivity contribution in [3.8, 4) is 0 Å². The van der Waals surface area contributed by atoms with Crippen LogP contribution in [0, 0.1) is 0 Å². The van der Waals surface area contributed by atoms with Crippen molar-refractivity contribution in [2.45, 2.75) is 25.3 Å². The first-order valence-electron chi connectivity index (χ1n) is 4.52. The average molecular weight is 197 g/mol. The van der Waals surface area contributed by atoms with Crippen LogP contribution in [0.2, 0.25) is 0 Å². The maximum Gasteiger partial charge on any atom is 0.303 e. The van der Waals surface area contributed by atoms with Crippen LogP contribution in [0.1, 0.15) is 18.5 Å². The molecule has 5 nitrogen and oxygen atoms in total. The first kappa shape index (κ1) is 10.7. The molecule has 5 heteroatoms. The Labute approximate surface area is 82.6 Å². The Balaban J connectivity index is 2.37. The zero-order chi connectivity index (χ0) is 10.6. The van der Waals surface area contributed by atoms with Crippen LogP contribution in [-0.4, -0.2) is 26.7 Å². The van der Waals surface area contributed by atoms with Crippen molar-refractivity contribution in [1.82, 2.24) is 9.55 Å². The van der Waals surface area contributed by atoms with Gasteiger partial charge in [-0.1, -0.05) is 0 Å². The van der Waals surface area contributed by atoms with Crippen LogP contribution in [0.25, 0.3) is 0 Å². The number of aryl methyl sites for hydroxylation is 1. The summed E-state index contributed by atoms with van der Waals surface area (Å²) in [6.45, 7) is 0. The number of carbonyl (C=O) groups is 1. The lowest BCUT2D eigenvalue weighted by Gasteiger charge is -2.09. The zero-order valence-corrected chi connectivity index (χ0v) is 8.18. The Kier molecular flexibility index (Phi) is 3.64. The average Bonchev–Trinajstić information content (AvgIpc) is 2.49. The van der Waals surface area contributed by atoms with Crippen LogP contribution in [0.4, 0.5) is 0 Å². The number of imidazole rings is 1. The van der Waals surface area contributed by atoms with Crippen LogP contribution in [0.3, 0.4) is 0 Å². The molecule has 0 spiro atoms. The van der Waals surface area contributed by atoms with Gasteiger partial charge < -0.3 is 15.4 Å². The first-order valence-corrected chi connectivity index (χ1v) is 4.52. The Morgan fingerprint density at radius 1 is 1.79 bits per heavy atom. The van der Waals surface area contributed by atoms with E-state index in [0.29, 0.717) is 12.8 Å². The summed E-state index contributed by atoms with van der Waals surface area (Å²) < 4.78 is 1.89. The molecular formula is C9H15N3O2. The van der Waals surface area contributed by atoms with Gasteiger partial charge in [-0.05, 0) is 6.42 Å². The SMILES string of the molecule is Cn1cncc1CC(N)CCC(=O)O. The number of aliphatic carboxylic acids is 1. The normalized spacial score (nSPS) is 12.7. The van der Waals surface area contributed by atoms with Gasteiger partial charge in [0.2, 0.25) is 0 Å². The van der Waals surface area contributed by atoms with E-state index >= 15 is 0 Å². The Morgan fingerprint density at radius 3 is 3.00 bits per heavy atom. The van der Waals surface area contributed by atoms with E-state index in [9.17, 15) is 4.79 Å². The maximum atomic E-state index is 10.3. The fraction of sp³-hybridized carbons (Fsp3) is 0.556. The second-order valence-corrected chi connectivity index (χ2v) is 3.39. The minimum atomic E-state index is -0.801. The van der Waals surface area contributed by atoms with Gasteiger partial charge in [0, 0.05) is 37.8 Å². The molecule has 0 radical (unpaired) electrons. The fourth-order valence-corrected chi connectivity index (χ4v) is 1.26. The van der Waals surface area contributed by atoms with Crippen molar-refractivity contribution >= 4 is 5.97 Å². The highest BCUT2D eigenvalue weighted by Crippen LogP contribution is 2.04. The third-order valence-corrected chi connectivity index (χ3v) is 2.12. The van der Waals surface area contributed by atoms with E-state index in [4.69, 9.17) is 10.8 Å². The van der Waals surface area contributed by atoms with Gasteiger partial charge in [0.05, 0.1) is 6.33 Å². The predicted octanol–water partition coefficient (Wildman–Crippen LogP) is 0.155. The molecule has 3 N–H and O–H groups in total. The summed E-state index contributed by atoms with van der Waals surface area (Å²) in [5.41, 5.74) is 6.81. The molecule has 1 rings (SSSR count). The Morgan fingerprint density at radius 2 is 2.50 bits per heavy atom. The number of hydrogen-bond acceptors (Lipinski definition) is 3. The van der Waals surface area contributed by atoms with Gasteiger partial charge in [-0.2, -0.15) is 0 Å². The molecule has 0 fully saturated rings. The molecule has 1 aromatic heterocycles. The minimum absolute atomic E-state index is 0.110. The van der Waals surface area contributed by atoms with E-state index < -0.39 is 5.97 Å². The van der Waals surface area contributed by atoms with Gasteiger partial charge in [-0.3, -0.25) is 4.79 Å². The molecule has 0 saturated carbocycles. The van der Waals surface area contributed by atoms with Crippen LogP contribution in [0.15, 0.2) is 12.5 Å². The maximum absolute atomic E-state index is 10.3. The summed E-state index contributed by atoms with van der Waals surface area (Å²) in [6, 6.07) is -0.110. The van der Waals surface area contributed by atoms with Crippen molar-refractivity contribution in [3.63, 3.8) is 0 Å². The predicted molar refractivity (Wildman–Crippen MR) is 51.8 cm³/mol. The number of rotatable bonds is 5. The first-order chi connectivity index (χ1) is 6.59. The van der Waals surface area contributed by atoms with E-state index in [-0.39, 0.29) is 12.5 Å². The van der Waals surface area contributed by atoms with Gasteiger partial charge in [-0.15, -0.1) is 0 Å². The minimum Gasteiger partial charge on any atom is -0.481 e. The molecule has 1 unspecified atom stereocenters. The van der Waals surface area contributed by atoms with E-state index in [1.165, 1.54) is 0 Å². The van der Waals surface area contributed by atoms with Crippen LogP contribution in [-0.2, 0) is 18.3 Å². The molecule has 0 aliphatic rings. The molecule has 78 valence electrons. The molecule has 0 aromatic carbocycles. The molecule has 0 aliphatic heterocycles. The smallest absolute Gasteiger partial charge is 0.303 e. The van der Waals surface area contributed by atoms with Gasteiger partial charge in [0.15, 0.2) is 0 Å². The number of carboxylic acid groups (broad SMARTS) is 1. The molecule has 1 aromatic rings. The van der Waals surface area contributed by atoms with Crippen LogP contribution >= 0.6 is 0 Å². The van der Waals surface area contributed by atoms with Crippen molar-refractivity contribution < 1.29 is 9.90 Å². The summed E-state index contributed by atoms with van der Waals surface area (Å²) in [7, 11) is 1.90. The monoisotopic (exact) mass is 197 g/mol. The van der Waals surface area contributed by atoms with Crippen molar-refractivity contribution in [2.75, 3.05) is 0 Å². The van der Waals surface area contributed by atoms with Gasteiger partial charge in [-0.25, -0.2) is 4.98 Å². The standard InChI is InChI=1S/C9H15N3O2/c1-12-6-11-5-8(12)4-7(10)2-3-9(13)14/h5-7H,2-4,10H2,1H3,(H,13,14). The van der Waals surface area contributed by atoms with E-state index in [0.717, 1.165) is 5.69 Å². The molecule has 0 aliphatic carbocycles. The summed E-state index contributed by atoms with van der Waals surface area (Å²) in [4.78, 5) is 14.3. The third kappa shape index (κ3) is 3.18. The molecule has 0 bridgehead atoms. The highest BCUT2D eigenvalue weighted by Gasteiger charge is 2.08. The molecule has 1 heterocycles. The van der Waals surface area contributed by atoms with Gasteiger partial charge in [0.25, 0.3) is 0 Å². The van der Waals surface area contributed by atoms with Crippen molar-refractivity contribution in [3.05, 3.63) is 18.2 Å². The zero-order valence-electron chi connectivity index (χ0n) is 8.18. The summed E-state index contributed by atoms with van der Waals surface area (Å²) in [5, 5.41) is 8.47. The molecule has 14 heavy (non-hydrogen) atoms. The van der Waals surface area contributed by atoms with E-state index in [2.05, 4.69) is 4.98 Å². The lowest BCUT2D eigenvalue weighted by molar-refractivity contribution is -0.137. The molecule has 0 amide bonds.